The van der Waals surface area contributed by atoms with Crippen molar-refractivity contribution in [2.75, 3.05) is 13.2 Å². The number of carbonyl (C=O) groups excluding carboxylic acids is 1. The second-order valence-corrected chi connectivity index (χ2v) is 13.0. The molecular weight excluding hydrogens is 328 g/mol. The van der Waals surface area contributed by atoms with Gasteiger partial charge in [-0.05, 0) is 23.1 Å². The monoisotopic (exact) mass is 360 g/mol. The summed E-state index contributed by atoms with van der Waals surface area (Å²) in [4.78, 5) is 11.6. The Morgan fingerprint density at radius 2 is 1.76 bits per heavy atom. The van der Waals surface area contributed by atoms with Crippen LogP contribution in [0.5, 0.6) is 0 Å². The number of ether oxygens (including phenoxy) is 2. The van der Waals surface area contributed by atoms with Crippen LogP contribution < -0.4 is 0 Å². The Kier molecular flexibility index (Phi) is 8.33. The molecule has 0 atom stereocenters. The molecular formula is C21H32O3Si. The molecule has 0 amide bonds. The van der Waals surface area contributed by atoms with Crippen molar-refractivity contribution < 1.29 is 14.3 Å². The van der Waals surface area contributed by atoms with Crippen molar-refractivity contribution in [3.05, 3.63) is 59.3 Å². The van der Waals surface area contributed by atoms with Crippen LogP contribution in [0.15, 0.2) is 53.8 Å². The Balaban J connectivity index is 2.85. The molecule has 0 N–H and O–H groups in total. The van der Waals surface area contributed by atoms with Gasteiger partial charge in [-0.2, -0.15) is 0 Å². The summed E-state index contributed by atoms with van der Waals surface area (Å²) in [6.45, 7) is 14.7. The van der Waals surface area contributed by atoms with Gasteiger partial charge in [0.25, 0.3) is 0 Å². The first kappa shape index (κ1) is 21.4. The molecule has 0 heterocycles. The summed E-state index contributed by atoms with van der Waals surface area (Å²) in [7, 11) is -1.63. The van der Waals surface area contributed by atoms with Crippen molar-refractivity contribution >= 4 is 14.0 Å². The molecule has 0 unspecified atom stereocenters. The standard InChI is InChI=1S/C21H32O3Si/c1-7-24-20(22)14-13-19(17-25(5,6)21(2,3)4)16-23-15-18-11-9-8-10-12-18/h8-14,17H,7,15-16H2,1-6H3/b14-13+,19-17-. The van der Waals surface area contributed by atoms with Crippen LogP contribution in [-0.2, 0) is 20.9 Å². The molecule has 0 aliphatic rings. The molecule has 3 nitrogen and oxygen atoms in total. The molecule has 1 aromatic rings. The van der Waals surface area contributed by atoms with Crippen LogP contribution in [0.2, 0.25) is 18.1 Å². The normalized spacial score (nSPS) is 13.3. The zero-order valence-corrected chi connectivity index (χ0v) is 17.5. The highest BCUT2D eigenvalue weighted by atomic mass is 28.3. The topological polar surface area (TPSA) is 35.5 Å². The van der Waals surface area contributed by atoms with E-state index in [1.54, 1.807) is 6.92 Å². The molecule has 0 saturated heterocycles. The number of benzene rings is 1. The van der Waals surface area contributed by atoms with Gasteiger partial charge in [-0.1, -0.05) is 76.0 Å². The lowest BCUT2D eigenvalue weighted by Gasteiger charge is -2.34. The molecule has 0 saturated carbocycles. The van der Waals surface area contributed by atoms with E-state index in [1.807, 2.05) is 36.4 Å². The van der Waals surface area contributed by atoms with Crippen LogP contribution in [0.1, 0.15) is 33.3 Å². The summed E-state index contributed by atoms with van der Waals surface area (Å²) in [5.74, 6) is -0.313. The van der Waals surface area contributed by atoms with E-state index in [0.29, 0.717) is 19.8 Å². The van der Waals surface area contributed by atoms with Gasteiger partial charge in [-0.15, -0.1) is 0 Å². The first-order valence-electron chi connectivity index (χ1n) is 8.84. The van der Waals surface area contributed by atoms with Crippen LogP contribution in [0, 0.1) is 0 Å². The van der Waals surface area contributed by atoms with Crippen molar-refractivity contribution in [3.63, 3.8) is 0 Å². The van der Waals surface area contributed by atoms with Crippen LogP contribution in [-0.4, -0.2) is 27.3 Å². The first-order valence-corrected chi connectivity index (χ1v) is 11.9. The van der Waals surface area contributed by atoms with Gasteiger partial charge in [0, 0.05) is 6.08 Å². The summed E-state index contributed by atoms with van der Waals surface area (Å²) in [6, 6.07) is 10.1. The fourth-order valence-electron chi connectivity index (χ4n) is 2.04. The minimum atomic E-state index is -1.63. The van der Waals surface area contributed by atoms with Gasteiger partial charge in [-0.25, -0.2) is 4.79 Å². The smallest absolute Gasteiger partial charge is 0.330 e. The Morgan fingerprint density at radius 3 is 2.32 bits per heavy atom. The number of hydrogen-bond donors (Lipinski definition) is 0. The second-order valence-electron chi connectivity index (χ2n) is 7.75. The molecule has 4 heteroatoms. The third-order valence-electron chi connectivity index (χ3n) is 4.58. The molecule has 0 bridgehead atoms. The van der Waals surface area contributed by atoms with Crippen LogP contribution in [0.25, 0.3) is 0 Å². The molecule has 0 spiro atoms. The maximum Gasteiger partial charge on any atom is 0.330 e. The fourth-order valence-corrected chi connectivity index (χ4v) is 3.58. The maximum atomic E-state index is 11.6. The summed E-state index contributed by atoms with van der Waals surface area (Å²) in [5.41, 5.74) is 4.51. The largest absolute Gasteiger partial charge is 0.463 e. The van der Waals surface area contributed by atoms with E-state index in [-0.39, 0.29) is 11.0 Å². The highest BCUT2D eigenvalue weighted by molar-refractivity contribution is 6.84. The summed E-state index contributed by atoms with van der Waals surface area (Å²) >= 11 is 0. The molecule has 0 aromatic heterocycles. The zero-order valence-electron chi connectivity index (χ0n) is 16.5. The molecule has 1 rings (SSSR count). The van der Waals surface area contributed by atoms with Gasteiger partial charge in [0.15, 0.2) is 0 Å². The van der Waals surface area contributed by atoms with Gasteiger partial charge in [0.05, 0.1) is 27.9 Å². The van der Waals surface area contributed by atoms with E-state index in [4.69, 9.17) is 9.47 Å². The van der Waals surface area contributed by atoms with Crippen LogP contribution >= 0.6 is 0 Å². The van der Waals surface area contributed by atoms with E-state index in [0.717, 1.165) is 11.1 Å². The predicted octanol–water partition coefficient (Wildman–Crippen LogP) is 5.30. The minimum absolute atomic E-state index is 0.232. The lowest BCUT2D eigenvalue weighted by Crippen LogP contribution is -2.35. The van der Waals surface area contributed by atoms with Crippen molar-refractivity contribution in [2.24, 2.45) is 0 Å². The molecule has 0 aliphatic heterocycles. The quantitative estimate of drug-likeness (QED) is 0.273. The first-order chi connectivity index (χ1) is 11.7. The predicted molar refractivity (Wildman–Crippen MR) is 107 cm³/mol. The van der Waals surface area contributed by atoms with Gasteiger partial charge < -0.3 is 9.47 Å². The van der Waals surface area contributed by atoms with Crippen molar-refractivity contribution in [3.8, 4) is 0 Å². The molecule has 0 fully saturated rings. The van der Waals surface area contributed by atoms with Gasteiger partial charge in [-0.3, -0.25) is 0 Å². The van der Waals surface area contributed by atoms with Crippen molar-refractivity contribution in [1.29, 1.82) is 0 Å². The average molecular weight is 361 g/mol. The van der Waals surface area contributed by atoms with Gasteiger partial charge >= 0.3 is 5.97 Å². The highest BCUT2D eigenvalue weighted by Crippen LogP contribution is 2.37. The lowest BCUT2D eigenvalue weighted by atomic mass is 10.2. The Labute approximate surface area is 153 Å². The van der Waals surface area contributed by atoms with Crippen molar-refractivity contribution in [1.82, 2.24) is 0 Å². The van der Waals surface area contributed by atoms with E-state index < -0.39 is 8.07 Å². The third-order valence-corrected chi connectivity index (χ3v) is 9.54. The number of esters is 1. The number of rotatable bonds is 8. The average Bonchev–Trinajstić information content (AvgIpc) is 2.52. The van der Waals surface area contributed by atoms with E-state index in [1.165, 1.54) is 6.08 Å². The summed E-state index contributed by atoms with van der Waals surface area (Å²) in [5, 5.41) is 0.232. The lowest BCUT2D eigenvalue weighted by molar-refractivity contribution is -0.137. The van der Waals surface area contributed by atoms with Gasteiger partial charge in [0.1, 0.15) is 0 Å². The van der Waals surface area contributed by atoms with Crippen molar-refractivity contribution in [2.45, 2.75) is 52.4 Å². The minimum Gasteiger partial charge on any atom is -0.463 e. The molecule has 1 aromatic carbocycles. The highest BCUT2D eigenvalue weighted by Gasteiger charge is 2.33. The molecule has 25 heavy (non-hydrogen) atoms. The fraction of sp³-hybridized carbons (Fsp3) is 0.476. The summed E-state index contributed by atoms with van der Waals surface area (Å²) < 4.78 is 10.9. The molecule has 0 radical (unpaired) electrons. The van der Waals surface area contributed by atoms with E-state index >= 15 is 0 Å². The molecule has 138 valence electrons. The SMILES string of the molecule is CCOC(=O)/C=C/C(=C/[Si](C)(C)C(C)(C)C)COCc1ccccc1. The number of carbonyl (C=O) groups is 1. The number of hydrogen-bond acceptors (Lipinski definition) is 3. The second kappa shape index (κ2) is 9.73. The van der Waals surface area contributed by atoms with E-state index in [2.05, 4.69) is 39.6 Å². The van der Waals surface area contributed by atoms with E-state index in [9.17, 15) is 4.79 Å². The molecule has 0 aliphatic carbocycles. The maximum absolute atomic E-state index is 11.6. The Bertz CT molecular complexity index is 595. The summed E-state index contributed by atoms with van der Waals surface area (Å²) in [6.07, 6.45) is 3.33. The van der Waals surface area contributed by atoms with Crippen LogP contribution in [0.3, 0.4) is 0 Å². The Morgan fingerprint density at radius 1 is 1.12 bits per heavy atom. The third kappa shape index (κ3) is 7.84. The Hall–Kier alpha value is -1.65. The van der Waals surface area contributed by atoms with Crippen LogP contribution in [0.4, 0.5) is 0 Å². The zero-order chi connectivity index (χ0) is 18.9. The van der Waals surface area contributed by atoms with Gasteiger partial charge in [0.2, 0.25) is 0 Å².